The Labute approximate surface area is 243 Å². The minimum atomic E-state index is -0.781. The maximum Gasteiger partial charge on any atom is 0.306 e. The lowest BCUT2D eigenvalue weighted by molar-refractivity contribution is -0.304. The average Bonchev–Trinajstić information content (AvgIpc) is 2.91. The first-order valence-electron chi connectivity index (χ1n) is 14.8. The van der Waals surface area contributed by atoms with Crippen molar-refractivity contribution >= 4 is 11.9 Å². The van der Waals surface area contributed by atoms with Gasteiger partial charge in [-0.3, -0.25) is 9.59 Å². The molecule has 0 aromatic rings. The lowest BCUT2D eigenvalue weighted by atomic mass is 9.85. The highest BCUT2D eigenvalue weighted by Crippen LogP contribution is 2.34. The van der Waals surface area contributed by atoms with Crippen molar-refractivity contribution in [2.24, 2.45) is 5.41 Å². The second-order valence-electron chi connectivity index (χ2n) is 11.0. The Bertz CT molecular complexity index is 892. The third kappa shape index (κ3) is 17.8. The van der Waals surface area contributed by atoms with Crippen LogP contribution in [0.5, 0.6) is 0 Å². The zero-order valence-electron chi connectivity index (χ0n) is 25.5. The molecule has 40 heavy (non-hydrogen) atoms. The van der Waals surface area contributed by atoms with E-state index in [1.165, 1.54) is 0 Å². The Hall–Kier alpha value is -2.70. The molecule has 1 atom stereocenters. The summed E-state index contributed by atoms with van der Waals surface area (Å²) in [6.07, 6.45) is 32.8. The van der Waals surface area contributed by atoms with Crippen LogP contribution in [0, 0.1) is 5.41 Å². The summed E-state index contributed by atoms with van der Waals surface area (Å²) in [5.41, 5.74) is -0.409. The molecule has 6 heteroatoms. The standard InChI is InChI=1S/C34H53NO5/c1-6-7-8-9-10-11-12-13-14-15-16-17-18-19-20-21-22-23-24-26-30(36)38-28-25-27-35-32(37)31-33(2,3)29-39-34(4,5)40-31/h7-8,10-11,13-14,16-17,19-20,22-23,31H,6,9,12,15,18,21,24-29H2,1-5H3,(H,35,37)/b8-7-,11-10-,14-13-,17-16-,20-19-,23-22-. The van der Waals surface area contributed by atoms with E-state index >= 15 is 0 Å². The lowest BCUT2D eigenvalue weighted by Crippen LogP contribution is -2.56. The summed E-state index contributed by atoms with van der Waals surface area (Å²) in [6, 6.07) is 0. The van der Waals surface area contributed by atoms with E-state index in [0.29, 0.717) is 32.4 Å². The van der Waals surface area contributed by atoms with Gasteiger partial charge in [-0.25, -0.2) is 0 Å². The van der Waals surface area contributed by atoms with Crippen molar-refractivity contribution in [3.05, 3.63) is 72.9 Å². The van der Waals surface area contributed by atoms with Gasteiger partial charge in [0.05, 0.1) is 13.2 Å². The number of hydrogen-bond acceptors (Lipinski definition) is 5. The number of amides is 1. The van der Waals surface area contributed by atoms with Crippen molar-refractivity contribution < 1.29 is 23.8 Å². The van der Waals surface area contributed by atoms with Crippen molar-refractivity contribution in [2.45, 2.75) is 104 Å². The second kappa shape index (κ2) is 21.1. The number of carbonyl (C=O) groups excluding carboxylic acids is 2. The van der Waals surface area contributed by atoms with Crippen LogP contribution < -0.4 is 5.32 Å². The van der Waals surface area contributed by atoms with Gasteiger partial charge in [0.1, 0.15) is 6.10 Å². The Morgan fingerprint density at radius 2 is 1.30 bits per heavy atom. The molecule has 0 aromatic heterocycles. The number of allylic oxidation sites excluding steroid dienone is 12. The van der Waals surface area contributed by atoms with Crippen LogP contribution in [-0.2, 0) is 23.8 Å². The molecule has 224 valence electrons. The summed E-state index contributed by atoms with van der Waals surface area (Å²) in [7, 11) is 0. The molecule has 1 aliphatic rings. The van der Waals surface area contributed by atoms with Crippen LogP contribution in [0.15, 0.2) is 72.9 Å². The fourth-order valence-electron chi connectivity index (χ4n) is 3.80. The number of rotatable bonds is 19. The van der Waals surface area contributed by atoms with Gasteiger partial charge in [0.25, 0.3) is 0 Å². The summed E-state index contributed by atoms with van der Waals surface area (Å²) >= 11 is 0. The van der Waals surface area contributed by atoms with Crippen molar-refractivity contribution in [2.75, 3.05) is 19.8 Å². The molecule has 1 heterocycles. The van der Waals surface area contributed by atoms with E-state index in [1.807, 2.05) is 33.8 Å². The molecule has 1 aliphatic heterocycles. The molecule has 1 N–H and O–H groups in total. The summed E-state index contributed by atoms with van der Waals surface area (Å²) in [5, 5.41) is 2.89. The SMILES string of the molecule is CC/C=C\C/C=C\C/C=C\C/C=C\C/C=C\C/C=C\CCC(=O)OCCCNC(=O)C1OC(C)(C)OCC1(C)C. The Morgan fingerprint density at radius 3 is 1.82 bits per heavy atom. The molecule has 0 radical (unpaired) electrons. The van der Waals surface area contributed by atoms with Crippen molar-refractivity contribution in [1.82, 2.24) is 5.32 Å². The van der Waals surface area contributed by atoms with Crippen molar-refractivity contribution in [3.8, 4) is 0 Å². The maximum atomic E-state index is 12.6. The van der Waals surface area contributed by atoms with Gasteiger partial charge in [-0.15, -0.1) is 0 Å². The predicted octanol–water partition coefficient (Wildman–Crippen LogP) is 7.69. The Kier molecular flexibility index (Phi) is 18.6. The quantitative estimate of drug-likeness (QED) is 0.100. The van der Waals surface area contributed by atoms with E-state index in [-0.39, 0.29) is 18.5 Å². The van der Waals surface area contributed by atoms with E-state index in [9.17, 15) is 9.59 Å². The van der Waals surface area contributed by atoms with Crippen LogP contribution in [0.3, 0.4) is 0 Å². The molecule has 0 spiro atoms. The maximum absolute atomic E-state index is 12.6. The molecule has 0 saturated carbocycles. The predicted molar refractivity (Wildman–Crippen MR) is 165 cm³/mol. The van der Waals surface area contributed by atoms with Crippen LogP contribution >= 0.6 is 0 Å². The van der Waals surface area contributed by atoms with E-state index < -0.39 is 17.3 Å². The summed E-state index contributed by atoms with van der Waals surface area (Å²) in [4.78, 5) is 24.5. The molecule has 1 fully saturated rings. The minimum Gasteiger partial charge on any atom is -0.466 e. The molecular formula is C34H53NO5. The second-order valence-corrected chi connectivity index (χ2v) is 11.0. The molecule has 0 bridgehead atoms. The average molecular weight is 556 g/mol. The third-order valence-electron chi connectivity index (χ3n) is 6.14. The molecule has 1 amide bonds. The number of ether oxygens (including phenoxy) is 3. The van der Waals surface area contributed by atoms with Gasteiger partial charge in [-0.2, -0.15) is 0 Å². The largest absolute Gasteiger partial charge is 0.466 e. The minimum absolute atomic E-state index is 0.162. The summed E-state index contributed by atoms with van der Waals surface area (Å²) in [5.74, 6) is -1.16. The lowest BCUT2D eigenvalue weighted by Gasteiger charge is -2.44. The molecule has 6 nitrogen and oxygen atoms in total. The van der Waals surface area contributed by atoms with Crippen molar-refractivity contribution in [3.63, 3.8) is 0 Å². The van der Waals surface area contributed by atoms with Gasteiger partial charge < -0.3 is 19.5 Å². The van der Waals surface area contributed by atoms with Crippen LogP contribution in [0.25, 0.3) is 0 Å². The highest BCUT2D eigenvalue weighted by atomic mass is 16.7. The molecule has 1 unspecified atom stereocenters. The fourth-order valence-corrected chi connectivity index (χ4v) is 3.80. The van der Waals surface area contributed by atoms with Gasteiger partial charge >= 0.3 is 5.97 Å². The first kappa shape index (κ1) is 35.3. The van der Waals surface area contributed by atoms with Gasteiger partial charge in [0.15, 0.2) is 5.79 Å². The highest BCUT2D eigenvalue weighted by Gasteiger charge is 2.45. The van der Waals surface area contributed by atoms with Gasteiger partial charge in [0, 0.05) is 18.4 Å². The normalized spacial score (nSPS) is 19.2. The first-order chi connectivity index (χ1) is 19.2. The van der Waals surface area contributed by atoms with Crippen LogP contribution in [0.4, 0.5) is 0 Å². The number of esters is 1. The zero-order valence-corrected chi connectivity index (χ0v) is 25.5. The van der Waals surface area contributed by atoms with Gasteiger partial charge in [-0.05, 0) is 65.2 Å². The monoisotopic (exact) mass is 555 g/mol. The molecule has 1 rings (SSSR count). The molecule has 0 aliphatic carbocycles. The van der Waals surface area contributed by atoms with Crippen LogP contribution in [0.1, 0.15) is 92.4 Å². The van der Waals surface area contributed by atoms with Crippen LogP contribution in [0.2, 0.25) is 0 Å². The van der Waals surface area contributed by atoms with Gasteiger partial charge in [0.2, 0.25) is 5.91 Å². The number of nitrogens with one attached hydrogen (secondary N) is 1. The van der Waals surface area contributed by atoms with E-state index in [0.717, 1.165) is 38.5 Å². The highest BCUT2D eigenvalue weighted by molar-refractivity contribution is 5.81. The molecular weight excluding hydrogens is 502 g/mol. The number of hydrogen-bond donors (Lipinski definition) is 1. The molecule has 0 aromatic carbocycles. The first-order valence-corrected chi connectivity index (χ1v) is 14.8. The Balaban J connectivity index is 2.02. The summed E-state index contributed by atoms with van der Waals surface area (Å²) in [6.45, 7) is 10.8. The fraction of sp³-hybridized carbons (Fsp3) is 0.588. The van der Waals surface area contributed by atoms with Crippen LogP contribution in [-0.4, -0.2) is 43.5 Å². The van der Waals surface area contributed by atoms with E-state index in [1.54, 1.807) is 0 Å². The van der Waals surface area contributed by atoms with Crippen molar-refractivity contribution in [1.29, 1.82) is 0 Å². The van der Waals surface area contributed by atoms with Gasteiger partial charge in [-0.1, -0.05) is 93.7 Å². The topological polar surface area (TPSA) is 73.9 Å². The summed E-state index contributed by atoms with van der Waals surface area (Å²) < 4.78 is 16.8. The Morgan fingerprint density at radius 1 is 0.800 bits per heavy atom. The number of carbonyl (C=O) groups is 2. The molecule has 1 saturated heterocycles. The van der Waals surface area contributed by atoms with E-state index in [2.05, 4.69) is 79.1 Å². The third-order valence-corrected chi connectivity index (χ3v) is 6.14. The van der Waals surface area contributed by atoms with E-state index in [4.69, 9.17) is 14.2 Å². The zero-order chi connectivity index (χ0) is 29.5. The smallest absolute Gasteiger partial charge is 0.306 e.